The van der Waals surface area contributed by atoms with Crippen molar-refractivity contribution >= 4 is 7.85 Å². The molecule has 0 spiro atoms. The number of hydrogen-bond donors (Lipinski definition) is 2. The Hall–Kier alpha value is -0.135. The molecule has 0 saturated carbocycles. The maximum atomic E-state index is 9.96. The lowest BCUT2D eigenvalue weighted by atomic mass is 9.88. The van der Waals surface area contributed by atoms with Crippen LogP contribution in [0.2, 0.25) is 0 Å². The van der Waals surface area contributed by atoms with Crippen LogP contribution in [-0.2, 0) is 14.2 Å². The first-order valence-electron chi connectivity index (χ1n) is 6.15. The maximum Gasteiger partial charge on any atom is 0.142 e. The Balaban J connectivity index is 2.55. The second-order valence-electron chi connectivity index (χ2n) is 4.67. The predicted molar refractivity (Wildman–Crippen MR) is 65.7 cm³/mol. The van der Waals surface area contributed by atoms with Gasteiger partial charge in [0.15, 0.2) is 0 Å². The van der Waals surface area contributed by atoms with Crippen LogP contribution >= 0.6 is 0 Å². The van der Waals surface area contributed by atoms with E-state index in [0.29, 0.717) is 13.2 Å². The van der Waals surface area contributed by atoms with E-state index in [9.17, 15) is 10.2 Å². The van der Waals surface area contributed by atoms with Gasteiger partial charge in [0.25, 0.3) is 0 Å². The quantitative estimate of drug-likeness (QED) is 0.469. The van der Waals surface area contributed by atoms with Crippen molar-refractivity contribution in [2.24, 2.45) is 5.92 Å². The summed E-state index contributed by atoms with van der Waals surface area (Å²) < 4.78 is 16.2. The van der Waals surface area contributed by atoms with Crippen LogP contribution in [0, 0.1) is 5.92 Å². The first kappa shape index (κ1) is 14.9. The molecule has 1 heterocycles. The molecule has 17 heavy (non-hydrogen) atoms. The van der Waals surface area contributed by atoms with Crippen molar-refractivity contribution in [3.05, 3.63) is 0 Å². The molecular formula is C11H23BO5. The van der Waals surface area contributed by atoms with E-state index in [2.05, 4.69) is 0 Å². The standard InChI is InChI=1S/C11H23BO5/c1-7-5-8(16-4-3-15-2)11(12)17-9(6-13)10(7)14/h7-11,13-14H,3-6,12H2,1-2H3/t7?,8-,9?,10+,11?/m1/s1. The molecule has 0 bridgehead atoms. The molecule has 0 aliphatic carbocycles. The van der Waals surface area contributed by atoms with E-state index in [1.54, 1.807) is 7.11 Å². The number of rotatable bonds is 5. The molecule has 0 radical (unpaired) electrons. The molecular weight excluding hydrogens is 223 g/mol. The zero-order valence-electron chi connectivity index (χ0n) is 10.8. The zero-order chi connectivity index (χ0) is 12.8. The van der Waals surface area contributed by atoms with Crippen molar-refractivity contribution in [3.63, 3.8) is 0 Å². The van der Waals surface area contributed by atoms with E-state index >= 15 is 0 Å². The first-order chi connectivity index (χ1) is 8.10. The van der Waals surface area contributed by atoms with Crippen molar-refractivity contribution in [2.75, 3.05) is 26.9 Å². The molecule has 1 fully saturated rings. The molecule has 1 aliphatic rings. The number of hydrogen-bond acceptors (Lipinski definition) is 5. The van der Waals surface area contributed by atoms with Crippen LogP contribution in [0.4, 0.5) is 0 Å². The van der Waals surface area contributed by atoms with Gasteiger partial charge in [0.1, 0.15) is 14.0 Å². The van der Waals surface area contributed by atoms with Crippen LogP contribution < -0.4 is 0 Å². The minimum atomic E-state index is -0.640. The number of methoxy groups -OCH3 is 1. The molecule has 1 saturated heterocycles. The third-order valence-corrected chi connectivity index (χ3v) is 3.28. The summed E-state index contributed by atoms with van der Waals surface area (Å²) in [7, 11) is 3.54. The van der Waals surface area contributed by atoms with Gasteiger partial charge in [-0.2, -0.15) is 0 Å². The van der Waals surface area contributed by atoms with E-state index in [1.165, 1.54) is 0 Å². The monoisotopic (exact) mass is 246 g/mol. The van der Waals surface area contributed by atoms with E-state index in [0.717, 1.165) is 6.42 Å². The van der Waals surface area contributed by atoms with Crippen molar-refractivity contribution < 1.29 is 24.4 Å². The summed E-state index contributed by atoms with van der Waals surface area (Å²) in [5.41, 5.74) is 0. The van der Waals surface area contributed by atoms with Crippen LogP contribution in [0.1, 0.15) is 13.3 Å². The fourth-order valence-electron chi connectivity index (χ4n) is 2.15. The second-order valence-corrected chi connectivity index (χ2v) is 4.67. The molecule has 0 aromatic carbocycles. The second kappa shape index (κ2) is 7.33. The predicted octanol–water partition coefficient (Wildman–Crippen LogP) is -1.24. The summed E-state index contributed by atoms with van der Waals surface area (Å²) in [5, 5.41) is 19.1. The lowest BCUT2D eigenvalue weighted by molar-refractivity contribution is -0.0994. The highest BCUT2D eigenvalue weighted by molar-refractivity contribution is 6.11. The third-order valence-electron chi connectivity index (χ3n) is 3.28. The Kier molecular flexibility index (Phi) is 6.44. The minimum Gasteiger partial charge on any atom is -0.394 e. The molecule has 1 rings (SSSR count). The Bertz CT molecular complexity index is 216. The average Bonchev–Trinajstić information content (AvgIpc) is 2.42. The summed E-state index contributed by atoms with van der Waals surface area (Å²) in [4.78, 5) is 0. The fraction of sp³-hybridized carbons (Fsp3) is 1.00. The summed E-state index contributed by atoms with van der Waals surface area (Å²) in [6, 6.07) is -0.136. The topological polar surface area (TPSA) is 68.2 Å². The van der Waals surface area contributed by atoms with Gasteiger partial charge in [0, 0.05) is 7.11 Å². The van der Waals surface area contributed by atoms with E-state index in [4.69, 9.17) is 14.2 Å². The largest absolute Gasteiger partial charge is 0.394 e. The minimum absolute atomic E-state index is 0.0460. The highest BCUT2D eigenvalue weighted by Crippen LogP contribution is 2.25. The highest BCUT2D eigenvalue weighted by atomic mass is 16.6. The van der Waals surface area contributed by atoms with E-state index in [-0.39, 0.29) is 24.6 Å². The van der Waals surface area contributed by atoms with Crippen LogP contribution in [-0.4, -0.2) is 69.3 Å². The molecule has 0 aromatic rings. The number of aliphatic hydroxyl groups is 2. The van der Waals surface area contributed by atoms with Crippen molar-refractivity contribution in [2.45, 2.75) is 37.7 Å². The van der Waals surface area contributed by atoms with Gasteiger partial charge in [-0.15, -0.1) is 0 Å². The summed E-state index contributed by atoms with van der Waals surface area (Å²) >= 11 is 0. The Morgan fingerprint density at radius 1 is 1.41 bits per heavy atom. The SMILES string of the molecule is BC1OC(CO)[C@@H](O)C(C)C[C@H]1OCCOC. The van der Waals surface area contributed by atoms with Gasteiger partial charge in [0.05, 0.1) is 38.0 Å². The maximum absolute atomic E-state index is 9.96. The lowest BCUT2D eigenvalue weighted by Crippen LogP contribution is -2.38. The molecule has 1 aliphatic heterocycles. The molecule has 0 amide bonds. The third kappa shape index (κ3) is 4.23. The first-order valence-corrected chi connectivity index (χ1v) is 6.15. The van der Waals surface area contributed by atoms with Crippen LogP contribution in [0.3, 0.4) is 0 Å². The highest BCUT2D eigenvalue weighted by Gasteiger charge is 2.35. The molecule has 0 aromatic heterocycles. The zero-order valence-corrected chi connectivity index (χ0v) is 10.8. The van der Waals surface area contributed by atoms with Gasteiger partial charge in [-0.25, -0.2) is 0 Å². The Morgan fingerprint density at radius 3 is 2.71 bits per heavy atom. The van der Waals surface area contributed by atoms with Gasteiger partial charge in [-0.1, -0.05) is 6.92 Å². The van der Waals surface area contributed by atoms with Crippen molar-refractivity contribution in [1.82, 2.24) is 0 Å². The summed E-state index contributed by atoms with van der Waals surface area (Å²) in [6.07, 6.45) is -0.497. The molecule has 6 heteroatoms. The van der Waals surface area contributed by atoms with Crippen molar-refractivity contribution in [3.8, 4) is 0 Å². The van der Waals surface area contributed by atoms with E-state index < -0.39 is 12.2 Å². The van der Waals surface area contributed by atoms with Crippen LogP contribution in [0.15, 0.2) is 0 Å². The van der Waals surface area contributed by atoms with Gasteiger partial charge in [-0.05, 0) is 12.3 Å². The Morgan fingerprint density at radius 2 is 2.12 bits per heavy atom. The number of aliphatic hydroxyl groups excluding tert-OH is 2. The molecule has 100 valence electrons. The average molecular weight is 246 g/mol. The molecule has 5 nitrogen and oxygen atoms in total. The van der Waals surface area contributed by atoms with Gasteiger partial charge >= 0.3 is 0 Å². The Labute approximate surface area is 103 Å². The fourth-order valence-corrected chi connectivity index (χ4v) is 2.15. The van der Waals surface area contributed by atoms with E-state index in [1.807, 2.05) is 14.8 Å². The van der Waals surface area contributed by atoms with Gasteiger partial charge < -0.3 is 24.4 Å². The number of ether oxygens (including phenoxy) is 3. The van der Waals surface area contributed by atoms with Gasteiger partial charge in [0.2, 0.25) is 0 Å². The summed E-state index contributed by atoms with van der Waals surface area (Å²) in [5.74, 6) is 0.0460. The molecule has 3 unspecified atom stereocenters. The lowest BCUT2D eigenvalue weighted by Gasteiger charge is -2.24. The molecule has 2 N–H and O–H groups in total. The van der Waals surface area contributed by atoms with Crippen LogP contribution in [0.25, 0.3) is 0 Å². The van der Waals surface area contributed by atoms with Crippen LogP contribution in [0.5, 0.6) is 0 Å². The smallest absolute Gasteiger partial charge is 0.142 e. The molecule has 5 atom stereocenters. The van der Waals surface area contributed by atoms with Gasteiger partial charge in [-0.3, -0.25) is 0 Å². The van der Waals surface area contributed by atoms with Crippen molar-refractivity contribution in [1.29, 1.82) is 0 Å². The normalized spacial score (nSPS) is 38.9. The summed E-state index contributed by atoms with van der Waals surface area (Å²) in [6.45, 7) is 2.84.